The minimum Gasteiger partial charge on any atom is -0.455 e. The third kappa shape index (κ3) is 4.76. The summed E-state index contributed by atoms with van der Waals surface area (Å²) >= 11 is 13.1. The molecule has 1 aliphatic rings. The molecule has 5 aromatic rings. The Balaban J connectivity index is 1.38. The molecule has 1 aromatic heterocycles. The molecule has 1 heterocycles. The highest BCUT2D eigenvalue weighted by Crippen LogP contribution is 2.53. The summed E-state index contributed by atoms with van der Waals surface area (Å²) in [7, 11) is 0. The van der Waals surface area contributed by atoms with E-state index in [-0.39, 0.29) is 29.2 Å². The average molecular weight is 571 g/mol. The summed E-state index contributed by atoms with van der Waals surface area (Å²) in [6.45, 7) is 1.79. The number of halogens is 3. The third-order valence-corrected chi connectivity index (χ3v) is 8.45. The van der Waals surface area contributed by atoms with Crippen LogP contribution in [0.15, 0.2) is 89.3 Å². The zero-order chi connectivity index (χ0) is 28.0. The van der Waals surface area contributed by atoms with Crippen LogP contribution < -0.4 is 0 Å². The zero-order valence-electron chi connectivity index (χ0n) is 21.8. The predicted molar refractivity (Wildman–Crippen MR) is 158 cm³/mol. The fraction of sp³-hybridized carbons (Fsp3) is 0.176. The Hall–Kier alpha value is -3.73. The lowest BCUT2D eigenvalue weighted by atomic mass is 9.88. The predicted octanol–water partition coefficient (Wildman–Crippen LogP) is 10.1. The van der Waals surface area contributed by atoms with E-state index >= 15 is 0 Å². The molecule has 0 unspecified atom stereocenters. The lowest BCUT2D eigenvalue weighted by Gasteiger charge is -2.17. The molecule has 1 fully saturated rings. The van der Waals surface area contributed by atoms with Crippen molar-refractivity contribution in [2.45, 2.75) is 38.0 Å². The van der Waals surface area contributed by atoms with E-state index in [2.05, 4.69) is 0 Å². The third-order valence-electron chi connectivity index (χ3n) is 7.79. The fourth-order valence-electron chi connectivity index (χ4n) is 5.44. The van der Waals surface area contributed by atoms with Crippen molar-refractivity contribution >= 4 is 45.7 Å². The van der Waals surface area contributed by atoms with E-state index in [0.29, 0.717) is 55.4 Å². The molecule has 0 atom stereocenters. The van der Waals surface area contributed by atoms with Gasteiger partial charge in [0.2, 0.25) is 0 Å². The second-order valence-corrected chi connectivity index (χ2v) is 11.2. The van der Waals surface area contributed by atoms with Crippen LogP contribution in [0.2, 0.25) is 10.0 Å². The van der Waals surface area contributed by atoms with Gasteiger partial charge in [0.05, 0.1) is 5.56 Å². The standard InChI is InChI=1S/C34H25Cl2FO3/c1-2-29(38)32-25-17-21(10-14-31(25)40-33(32)20-7-11-23(37)12-8-20)24-18-22(9-13-27(24)35)30(39)19-34(15-16-34)26-5-3-4-6-28(26)36/h3-14,17-18H,2,15-16,19H2,1H3. The van der Waals surface area contributed by atoms with Gasteiger partial charge in [0.1, 0.15) is 17.2 Å². The molecule has 1 aliphatic carbocycles. The quantitative estimate of drug-likeness (QED) is 0.174. The number of carbonyl (C=O) groups is 2. The number of furan rings is 1. The number of hydrogen-bond acceptors (Lipinski definition) is 3. The fourth-order valence-corrected chi connectivity index (χ4v) is 6.00. The second kappa shape index (κ2) is 10.3. The smallest absolute Gasteiger partial charge is 0.167 e. The number of rotatable bonds is 8. The maximum Gasteiger partial charge on any atom is 0.167 e. The summed E-state index contributed by atoms with van der Waals surface area (Å²) in [5.74, 6) is -0.0166. The molecular weight excluding hydrogens is 546 g/mol. The molecule has 40 heavy (non-hydrogen) atoms. The van der Waals surface area contributed by atoms with E-state index in [1.54, 1.807) is 37.3 Å². The van der Waals surface area contributed by atoms with Crippen LogP contribution in [0.1, 0.15) is 58.9 Å². The number of hydrogen-bond donors (Lipinski definition) is 0. The highest BCUT2D eigenvalue weighted by atomic mass is 35.5. The monoisotopic (exact) mass is 570 g/mol. The van der Waals surface area contributed by atoms with E-state index in [4.69, 9.17) is 27.6 Å². The lowest BCUT2D eigenvalue weighted by Crippen LogP contribution is -2.14. The van der Waals surface area contributed by atoms with Crippen molar-refractivity contribution in [1.29, 1.82) is 0 Å². The number of carbonyl (C=O) groups excluding carboxylic acids is 2. The van der Waals surface area contributed by atoms with Crippen LogP contribution >= 0.6 is 23.2 Å². The Morgan fingerprint density at radius 1 is 0.850 bits per heavy atom. The van der Waals surface area contributed by atoms with Gasteiger partial charge < -0.3 is 4.42 Å². The van der Waals surface area contributed by atoms with Gasteiger partial charge in [0.25, 0.3) is 0 Å². The van der Waals surface area contributed by atoms with Crippen molar-refractivity contribution in [1.82, 2.24) is 0 Å². The first-order chi connectivity index (χ1) is 19.3. The number of benzene rings is 4. The Labute approximate surface area is 241 Å². The Bertz CT molecular complexity index is 1780. The molecule has 6 heteroatoms. The first-order valence-electron chi connectivity index (χ1n) is 13.2. The van der Waals surface area contributed by atoms with Crippen molar-refractivity contribution in [2.24, 2.45) is 0 Å². The summed E-state index contributed by atoms with van der Waals surface area (Å²) in [5, 5.41) is 1.83. The van der Waals surface area contributed by atoms with Crippen LogP contribution in [-0.2, 0) is 5.41 Å². The van der Waals surface area contributed by atoms with E-state index < -0.39 is 0 Å². The minimum atomic E-state index is -0.367. The number of fused-ring (bicyclic) bond motifs is 1. The van der Waals surface area contributed by atoms with Gasteiger partial charge in [-0.05, 0) is 84.6 Å². The summed E-state index contributed by atoms with van der Waals surface area (Å²) < 4.78 is 19.7. The van der Waals surface area contributed by atoms with Gasteiger partial charge in [-0.15, -0.1) is 0 Å². The van der Waals surface area contributed by atoms with E-state index in [9.17, 15) is 14.0 Å². The molecule has 0 saturated heterocycles. The molecule has 0 spiro atoms. The van der Waals surface area contributed by atoms with Gasteiger partial charge >= 0.3 is 0 Å². The van der Waals surface area contributed by atoms with Crippen LogP contribution in [0.3, 0.4) is 0 Å². The SMILES string of the molecule is CCC(=O)c1c(-c2ccc(F)cc2)oc2ccc(-c3cc(C(=O)CC4(c5ccccc5Cl)CC4)ccc3Cl)cc12. The zero-order valence-corrected chi connectivity index (χ0v) is 23.3. The minimum absolute atomic E-state index is 0.0279. The highest BCUT2D eigenvalue weighted by molar-refractivity contribution is 6.33. The molecule has 0 N–H and O–H groups in total. The average Bonchev–Trinajstić information content (AvgIpc) is 3.63. The molecule has 0 amide bonds. The topological polar surface area (TPSA) is 47.3 Å². The summed E-state index contributed by atoms with van der Waals surface area (Å²) in [4.78, 5) is 26.6. The Kier molecular flexibility index (Phi) is 6.85. The first-order valence-corrected chi connectivity index (χ1v) is 14.0. The van der Waals surface area contributed by atoms with Crippen LogP contribution in [0, 0.1) is 5.82 Å². The molecule has 0 radical (unpaired) electrons. The van der Waals surface area contributed by atoms with Gasteiger partial charge in [0, 0.05) is 50.4 Å². The summed E-state index contributed by atoms with van der Waals surface area (Å²) in [5.41, 5.74) is 4.43. The molecule has 6 rings (SSSR count). The maximum atomic E-state index is 13.6. The van der Waals surface area contributed by atoms with Crippen molar-refractivity contribution in [3.05, 3.63) is 117 Å². The van der Waals surface area contributed by atoms with Crippen molar-refractivity contribution in [3.8, 4) is 22.5 Å². The first kappa shape index (κ1) is 26.5. The molecule has 0 bridgehead atoms. The highest BCUT2D eigenvalue weighted by Gasteiger charge is 2.46. The Morgan fingerprint density at radius 3 is 2.27 bits per heavy atom. The second-order valence-electron chi connectivity index (χ2n) is 10.4. The number of Topliss-reactive ketones (excluding diaryl/α,β-unsaturated/α-hetero) is 2. The van der Waals surface area contributed by atoms with Crippen LogP contribution in [0.25, 0.3) is 33.4 Å². The van der Waals surface area contributed by atoms with E-state index in [1.165, 1.54) is 12.1 Å². The molecule has 3 nitrogen and oxygen atoms in total. The molecule has 200 valence electrons. The van der Waals surface area contributed by atoms with Gasteiger partial charge in [-0.2, -0.15) is 0 Å². The lowest BCUT2D eigenvalue weighted by molar-refractivity contribution is 0.0967. The van der Waals surface area contributed by atoms with Gasteiger partial charge in [-0.25, -0.2) is 4.39 Å². The summed E-state index contributed by atoms with van der Waals surface area (Å²) in [6, 6.07) is 24.4. The Morgan fingerprint density at radius 2 is 1.57 bits per heavy atom. The normalized spacial score (nSPS) is 13.9. The largest absolute Gasteiger partial charge is 0.455 e. The van der Waals surface area contributed by atoms with Gasteiger partial charge in [-0.1, -0.05) is 54.4 Å². The summed E-state index contributed by atoms with van der Waals surface area (Å²) in [6.07, 6.45) is 2.50. The van der Waals surface area contributed by atoms with Crippen molar-refractivity contribution in [3.63, 3.8) is 0 Å². The molecule has 1 saturated carbocycles. The molecule has 0 aliphatic heterocycles. The molecule has 4 aromatic carbocycles. The van der Waals surface area contributed by atoms with Gasteiger partial charge in [0.15, 0.2) is 11.6 Å². The van der Waals surface area contributed by atoms with Crippen LogP contribution in [-0.4, -0.2) is 11.6 Å². The van der Waals surface area contributed by atoms with E-state index in [0.717, 1.165) is 24.0 Å². The maximum absolute atomic E-state index is 13.6. The van der Waals surface area contributed by atoms with Crippen molar-refractivity contribution in [2.75, 3.05) is 0 Å². The number of ketones is 2. The van der Waals surface area contributed by atoms with Gasteiger partial charge in [-0.3, -0.25) is 9.59 Å². The van der Waals surface area contributed by atoms with Crippen LogP contribution in [0.4, 0.5) is 4.39 Å². The van der Waals surface area contributed by atoms with Crippen molar-refractivity contribution < 1.29 is 18.4 Å². The van der Waals surface area contributed by atoms with E-state index in [1.807, 2.05) is 42.5 Å². The van der Waals surface area contributed by atoms with Crippen LogP contribution in [0.5, 0.6) is 0 Å². The molecular formula is C34H25Cl2FO3.